The lowest BCUT2D eigenvalue weighted by Gasteiger charge is -2.27. The molecule has 1 aromatic carbocycles. The molecule has 1 amide bonds. The maximum absolute atomic E-state index is 13.0. The third-order valence-electron chi connectivity index (χ3n) is 3.79. The number of benzene rings is 1. The predicted octanol–water partition coefficient (Wildman–Crippen LogP) is 2.76. The molecule has 1 aliphatic carbocycles. The van der Waals surface area contributed by atoms with Gasteiger partial charge in [0.1, 0.15) is 4.99 Å². The summed E-state index contributed by atoms with van der Waals surface area (Å²) >= 11 is 4.86. The van der Waals surface area contributed by atoms with Gasteiger partial charge >= 0.3 is 0 Å². The highest BCUT2D eigenvalue weighted by molar-refractivity contribution is 7.80. The number of thiocarbonyl (C=S) groups is 1. The van der Waals surface area contributed by atoms with Crippen molar-refractivity contribution in [3.63, 3.8) is 0 Å². The van der Waals surface area contributed by atoms with Gasteiger partial charge in [-0.2, -0.15) is 0 Å². The van der Waals surface area contributed by atoms with Crippen LogP contribution in [-0.2, 0) is 11.3 Å². The normalized spacial score (nSPS) is 18.2. The van der Waals surface area contributed by atoms with Crippen molar-refractivity contribution in [1.82, 2.24) is 5.32 Å². The average molecular weight is 312 g/mol. The topological polar surface area (TPSA) is 55.1 Å². The fourth-order valence-electron chi connectivity index (χ4n) is 2.42. The van der Waals surface area contributed by atoms with E-state index in [-0.39, 0.29) is 37.5 Å². The number of nitrogens with one attached hydrogen (secondary N) is 1. The monoisotopic (exact) mass is 312 g/mol. The summed E-state index contributed by atoms with van der Waals surface area (Å²) in [4.78, 5) is 12.3. The Balaban J connectivity index is 1.82. The van der Waals surface area contributed by atoms with Crippen LogP contribution in [0, 0.1) is 5.92 Å². The molecule has 0 bridgehead atoms. The SMILES string of the molecule is NC(=S)c1ccc(CNC(=O)C2CCC(F)(F)CC2)cc1. The van der Waals surface area contributed by atoms with Crippen LogP contribution < -0.4 is 11.1 Å². The molecule has 0 spiro atoms. The Hall–Kier alpha value is -1.56. The Morgan fingerprint density at radius 2 is 1.86 bits per heavy atom. The van der Waals surface area contributed by atoms with Crippen LogP contribution in [0.1, 0.15) is 36.8 Å². The molecule has 0 heterocycles. The molecule has 0 aliphatic heterocycles. The van der Waals surface area contributed by atoms with Crippen molar-refractivity contribution in [2.24, 2.45) is 11.7 Å². The lowest BCUT2D eigenvalue weighted by Crippen LogP contribution is -2.35. The van der Waals surface area contributed by atoms with Gasteiger partial charge in [0.25, 0.3) is 0 Å². The van der Waals surface area contributed by atoms with Gasteiger partial charge in [0.05, 0.1) is 0 Å². The number of hydrogen-bond acceptors (Lipinski definition) is 2. The van der Waals surface area contributed by atoms with Gasteiger partial charge in [-0.15, -0.1) is 0 Å². The lowest BCUT2D eigenvalue weighted by atomic mass is 9.86. The van der Waals surface area contributed by atoms with E-state index in [1.54, 1.807) is 12.1 Å². The second-order valence-corrected chi connectivity index (χ2v) is 5.85. The molecule has 3 nitrogen and oxygen atoms in total. The number of amides is 1. The molecule has 1 aromatic rings. The third kappa shape index (κ3) is 4.46. The first-order chi connectivity index (χ1) is 9.87. The smallest absolute Gasteiger partial charge is 0.248 e. The van der Waals surface area contributed by atoms with E-state index in [1.165, 1.54) is 0 Å². The largest absolute Gasteiger partial charge is 0.389 e. The zero-order valence-corrected chi connectivity index (χ0v) is 12.4. The highest BCUT2D eigenvalue weighted by Crippen LogP contribution is 2.36. The van der Waals surface area contributed by atoms with Crippen LogP contribution in [-0.4, -0.2) is 16.8 Å². The number of rotatable bonds is 4. The Kier molecular flexibility index (Phi) is 4.88. The van der Waals surface area contributed by atoms with E-state index in [4.69, 9.17) is 18.0 Å². The van der Waals surface area contributed by atoms with Crippen LogP contribution in [0.4, 0.5) is 8.78 Å². The van der Waals surface area contributed by atoms with Gasteiger partial charge in [0.2, 0.25) is 11.8 Å². The minimum atomic E-state index is -2.60. The van der Waals surface area contributed by atoms with Crippen molar-refractivity contribution in [2.45, 2.75) is 38.2 Å². The molecule has 0 unspecified atom stereocenters. The standard InChI is InChI=1S/C15H18F2N2OS/c16-15(17)7-5-12(6-8-15)14(20)19-9-10-1-3-11(4-2-10)13(18)21/h1-4,12H,5-9H2,(H2,18,21)(H,19,20). The van der Waals surface area contributed by atoms with Crippen LogP contribution >= 0.6 is 12.2 Å². The highest BCUT2D eigenvalue weighted by Gasteiger charge is 2.37. The van der Waals surface area contributed by atoms with E-state index in [0.717, 1.165) is 11.1 Å². The number of carbonyl (C=O) groups is 1. The highest BCUT2D eigenvalue weighted by atomic mass is 32.1. The van der Waals surface area contributed by atoms with Crippen molar-refractivity contribution in [2.75, 3.05) is 0 Å². The molecule has 6 heteroatoms. The van der Waals surface area contributed by atoms with Gasteiger partial charge in [-0.25, -0.2) is 8.78 Å². The molecule has 0 aromatic heterocycles. The number of nitrogens with two attached hydrogens (primary N) is 1. The first-order valence-corrected chi connectivity index (χ1v) is 7.32. The second kappa shape index (κ2) is 6.47. The maximum atomic E-state index is 13.0. The first-order valence-electron chi connectivity index (χ1n) is 6.92. The van der Waals surface area contributed by atoms with E-state index in [9.17, 15) is 13.6 Å². The summed E-state index contributed by atoms with van der Waals surface area (Å²) in [6.45, 7) is 0.378. The minimum absolute atomic E-state index is 0.149. The molecule has 1 aliphatic rings. The minimum Gasteiger partial charge on any atom is -0.389 e. The molecule has 3 N–H and O–H groups in total. The summed E-state index contributed by atoms with van der Waals surface area (Å²) in [6.07, 6.45) is 0.0971. The number of halogens is 2. The van der Waals surface area contributed by atoms with Gasteiger partial charge in [-0.05, 0) is 18.4 Å². The van der Waals surface area contributed by atoms with Gasteiger partial charge < -0.3 is 11.1 Å². The van der Waals surface area contributed by atoms with E-state index >= 15 is 0 Å². The predicted molar refractivity (Wildman–Crippen MR) is 81.1 cm³/mol. The molecule has 0 saturated heterocycles. The van der Waals surface area contributed by atoms with Crippen molar-refractivity contribution in [3.05, 3.63) is 35.4 Å². The van der Waals surface area contributed by atoms with Crippen molar-refractivity contribution in [1.29, 1.82) is 0 Å². The van der Waals surface area contributed by atoms with E-state index < -0.39 is 5.92 Å². The van der Waals surface area contributed by atoms with Crippen molar-refractivity contribution in [3.8, 4) is 0 Å². The molecule has 0 radical (unpaired) electrons. The molecular formula is C15H18F2N2OS. The zero-order chi connectivity index (χ0) is 15.5. The summed E-state index contributed by atoms with van der Waals surface area (Å²) in [5.74, 6) is -3.06. The molecule has 21 heavy (non-hydrogen) atoms. The fourth-order valence-corrected chi connectivity index (χ4v) is 2.56. The van der Waals surface area contributed by atoms with E-state index in [0.29, 0.717) is 11.5 Å². The van der Waals surface area contributed by atoms with Crippen molar-refractivity contribution < 1.29 is 13.6 Å². The summed E-state index contributed by atoms with van der Waals surface area (Å²) in [7, 11) is 0. The second-order valence-electron chi connectivity index (χ2n) is 5.41. The molecule has 1 saturated carbocycles. The molecule has 1 fully saturated rings. The maximum Gasteiger partial charge on any atom is 0.248 e. The van der Waals surface area contributed by atoms with E-state index in [2.05, 4.69) is 5.32 Å². The Morgan fingerprint density at radius 1 is 1.29 bits per heavy atom. The first kappa shape index (κ1) is 15.8. The van der Waals surface area contributed by atoms with Crippen LogP contribution in [0.25, 0.3) is 0 Å². The number of alkyl halides is 2. The van der Waals surface area contributed by atoms with Gasteiger partial charge in [-0.3, -0.25) is 4.79 Å². The van der Waals surface area contributed by atoms with Crippen molar-refractivity contribution >= 4 is 23.1 Å². The van der Waals surface area contributed by atoms with Crippen LogP contribution in [0.2, 0.25) is 0 Å². The van der Waals surface area contributed by atoms with Gasteiger partial charge in [-0.1, -0.05) is 36.5 Å². The van der Waals surface area contributed by atoms with Gasteiger partial charge in [0, 0.05) is 30.9 Å². The van der Waals surface area contributed by atoms with Gasteiger partial charge in [0.15, 0.2) is 0 Å². The van der Waals surface area contributed by atoms with E-state index in [1.807, 2.05) is 12.1 Å². The lowest BCUT2D eigenvalue weighted by molar-refractivity contribution is -0.129. The summed E-state index contributed by atoms with van der Waals surface area (Å²) in [5.41, 5.74) is 7.20. The Labute approximate surface area is 127 Å². The van der Waals surface area contributed by atoms with Crippen LogP contribution in [0.5, 0.6) is 0 Å². The third-order valence-corrected chi connectivity index (χ3v) is 4.03. The summed E-state index contributed by atoms with van der Waals surface area (Å²) < 4.78 is 26.1. The molecule has 0 atom stereocenters. The Morgan fingerprint density at radius 3 is 2.38 bits per heavy atom. The number of hydrogen-bond donors (Lipinski definition) is 2. The molecular weight excluding hydrogens is 294 g/mol. The Bertz CT molecular complexity index is 521. The average Bonchev–Trinajstić information content (AvgIpc) is 2.45. The van der Waals surface area contributed by atoms with Crippen LogP contribution in [0.15, 0.2) is 24.3 Å². The molecule has 2 rings (SSSR count). The quantitative estimate of drug-likeness (QED) is 0.841. The summed E-state index contributed by atoms with van der Waals surface area (Å²) in [5, 5.41) is 2.80. The van der Waals surface area contributed by atoms with Crippen LogP contribution in [0.3, 0.4) is 0 Å². The zero-order valence-electron chi connectivity index (χ0n) is 11.6. The summed E-state index contributed by atoms with van der Waals surface area (Å²) in [6, 6.07) is 7.27. The number of carbonyl (C=O) groups excluding carboxylic acids is 1. The molecule has 114 valence electrons. The fraction of sp³-hybridized carbons (Fsp3) is 0.467.